The van der Waals surface area contributed by atoms with Crippen molar-refractivity contribution in [3.8, 4) is 0 Å². The van der Waals surface area contributed by atoms with E-state index in [1.807, 2.05) is 0 Å². The number of rotatable bonds is 41. The van der Waals surface area contributed by atoms with Crippen LogP contribution in [0.25, 0.3) is 44.7 Å². The smallest absolute Gasteiger partial charge is 0.351 e. The molecule has 74 heteroatoms. The van der Waals surface area contributed by atoms with Crippen molar-refractivity contribution in [3.05, 3.63) is 138 Å². The highest BCUT2D eigenvalue weighted by molar-refractivity contribution is 8.32. The molecular weight excluding hydrogens is 2210 g/mol. The number of hydrogen-bond donors (Lipinski definition) is 7. The molecule has 0 spiro atoms. The average Bonchev–Trinajstić information content (AvgIpc) is 1.63. The van der Waals surface area contributed by atoms with E-state index in [0.29, 0.717) is 23.1 Å². The predicted molar refractivity (Wildman–Crippen MR) is 516 cm³/mol. The van der Waals surface area contributed by atoms with Crippen molar-refractivity contribution in [1.82, 2.24) is 107 Å². The molecule has 792 valence electrons. The first-order chi connectivity index (χ1) is 69.1. The van der Waals surface area contributed by atoms with E-state index in [4.69, 9.17) is 208 Å². The summed E-state index contributed by atoms with van der Waals surface area (Å²) in [4.78, 5) is 212. The number of nitrogens with one attached hydrogen (secondary N) is 2. The second-order valence-electron chi connectivity index (χ2n) is 33.8. The van der Waals surface area contributed by atoms with E-state index in [0.717, 1.165) is 39.7 Å². The Hall–Kier alpha value is -7.16. The third-order valence-electron chi connectivity index (χ3n) is 24.3. The second kappa shape index (κ2) is 43.8. The van der Waals surface area contributed by atoms with Gasteiger partial charge in [-0.25, -0.2) is 74.2 Å². The zero-order valence-electron chi connectivity index (χ0n) is 76.2. The van der Waals surface area contributed by atoms with Gasteiger partial charge in [-0.05, 0) is 27.2 Å². The van der Waals surface area contributed by atoms with Crippen LogP contribution in [0.2, 0.25) is 0 Å². The van der Waals surface area contributed by atoms with Crippen LogP contribution in [0, 0.1) is 20.8 Å². The van der Waals surface area contributed by atoms with Crippen LogP contribution in [-0.2, 0) is 184 Å². The van der Waals surface area contributed by atoms with Crippen LogP contribution in [0.5, 0.6) is 0 Å². The SMILES string of the molecule is CC[C@H]1O[C@@H](n2cnc3c(N)ncnc32)CC1OP([O-])(=S)OC[C@H]1O[C@@H](n2cc(C)c(N)nc2=O)CC1OP(=O)([S-])OC[C@H]1O[C@@H](n2cc(C)c(=O)[nH]c2=O)CC1OP([O-])(=S)OC[C@H]1O[C@@H](n2cnc3c(N)ncnc32)CC1OP([O-])(=S)OC[C@H]1O[C@@H](n2cnc3c(N)ncnc32)CC1OP([O-])(=S)OC[C@H]1O[C@@H](n2cc(C)c(=O)[nH]c2=O)CC1OP([O-])(=S)OC[C@H]1O[C@@H](n2cnc3c(N)ncnc32)CC1OP([O-])(=S)OC. The standard InChI is InChI=1S/C72H94N27O33P7S7/c1-6-34-35(7-51(119-34)96-27-86-55-60(74)78-23-82-64(55)96)127-134(106,141)113-18-43-37(8-48(120-43)93-14-31(2)59(73)90-70(93)102)128-136(108,143)115-19-44-39(10-50(121-44)95-16-33(4)69(101)92-72(95)104)130-137(109,144)117-21-46-41(13-54(124-46)99-30-89-58-63(77)81-26-85-67(58)99)132-139(111,146)118-22-47-40(12-53(125-47)98-29-88-57-62(76)80-25-84-66(57)98)131-138(110,145)116-20-45-38(9-49(122-45)94-15-32(3)68(100)91-71(94)103)129-135(107,142)114-17-42-36(126-133(105,140)112-5)11-52(123-42)97-28-87-56-61(75)79-24-83-65(56)97/h14-16,23-30,34-54H,6-13,17-22H2,1-5H3,(H,105,140)(H,106,141)(H,107,142)(H,108,143)(H,109,144)(H,110,145)(H,111,146)(H2,73,90,102)(H2,74,78,82)(H2,75,79,83)(H2,76,80,84)(H2,77,81,85)(H,91,100,103)(H,92,101,104)/p-7/t34-,35?,36?,37?,38?,39?,40?,41?,42-,43-,44-,45-,46-,47-,48-,49-,50-,51-,52-,53-,54-,133?,134?,135?,136?,137?,138?,139?/m1/s1. The number of imidazole rings is 4. The van der Waals surface area contributed by atoms with Crippen molar-refractivity contribution in [2.24, 2.45) is 0 Å². The molecule has 0 aromatic carbocycles. The first-order valence-corrected chi connectivity index (χ1v) is 61.7. The molecule has 0 radical (unpaired) electrons. The van der Waals surface area contributed by atoms with Crippen molar-refractivity contribution >= 4 is 204 Å². The van der Waals surface area contributed by atoms with E-state index in [1.165, 1.54) is 77.9 Å². The van der Waals surface area contributed by atoms with Crippen LogP contribution in [0.1, 0.15) is 119 Å². The van der Waals surface area contributed by atoms with E-state index < -0.39 is 250 Å². The molecule has 11 aromatic heterocycles. The largest absolute Gasteiger partial charge is 0.780 e. The van der Waals surface area contributed by atoms with Gasteiger partial charge in [-0.15, -0.1) is 0 Å². The fourth-order valence-electron chi connectivity index (χ4n) is 17.2. The van der Waals surface area contributed by atoms with Crippen molar-refractivity contribution in [1.29, 1.82) is 0 Å². The molecule has 7 saturated heterocycles. The lowest BCUT2D eigenvalue weighted by molar-refractivity contribution is -0.221. The van der Waals surface area contributed by atoms with Crippen molar-refractivity contribution in [2.45, 2.75) is 208 Å². The number of aromatic nitrogens is 22. The maximum Gasteiger partial charge on any atom is 0.351 e. The lowest BCUT2D eigenvalue weighted by atomic mass is 10.1. The van der Waals surface area contributed by atoms with Crippen LogP contribution in [-0.4, -0.2) is 239 Å². The first-order valence-electron chi connectivity index (χ1n) is 43.8. The third-order valence-corrected chi connectivity index (χ3v) is 35.4. The van der Waals surface area contributed by atoms with Gasteiger partial charge < -0.3 is 167 Å². The van der Waals surface area contributed by atoms with E-state index in [-0.39, 0.29) is 112 Å². The Kier molecular flexibility index (Phi) is 32.6. The molecule has 146 heavy (non-hydrogen) atoms. The molecule has 11 aromatic rings. The molecule has 14 unspecified atom stereocenters. The number of ether oxygens (including phenoxy) is 7. The summed E-state index contributed by atoms with van der Waals surface area (Å²) >= 11 is 38.3. The summed E-state index contributed by atoms with van der Waals surface area (Å²) in [5, 5.41) is 0. The van der Waals surface area contributed by atoms with Gasteiger partial charge in [0.2, 0.25) is 0 Å². The molecule has 12 N–H and O–H groups in total. The summed E-state index contributed by atoms with van der Waals surface area (Å²) < 4.78 is 151. The Labute approximate surface area is 857 Å². The molecule has 0 bridgehead atoms. The van der Waals surface area contributed by atoms with Gasteiger partial charge in [0, 0.05) is 87.3 Å². The minimum Gasteiger partial charge on any atom is -0.780 e. The minimum atomic E-state index is -5.01. The molecular formula is C72H87N27O33P7S7-7. The van der Waals surface area contributed by atoms with Gasteiger partial charge in [-0.2, -0.15) is 4.98 Å². The number of nitrogen functional groups attached to an aromatic ring is 5. The molecule has 18 heterocycles. The number of aryl methyl sites for hydroxylation is 3. The van der Waals surface area contributed by atoms with E-state index >= 15 is 9.79 Å². The van der Waals surface area contributed by atoms with Gasteiger partial charge in [0.25, 0.3) is 11.1 Å². The number of nitrogens with two attached hydrogens (primary N) is 5. The van der Waals surface area contributed by atoms with Crippen LogP contribution >= 0.6 is 47.1 Å². The average molecular weight is 2300 g/mol. The first kappa shape index (κ1) is 109. The maximum absolute atomic E-state index is 15.1. The normalized spacial score (nSPS) is 29.5. The van der Waals surface area contributed by atoms with Gasteiger partial charge in [0.1, 0.15) is 174 Å². The zero-order valence-corrected chi connectivity index (χ0v) is 88.1. The Morgan fingerprint density at radius 2 is 0.603 bits per heavy atom. The lowest BCUT2D eigenvalue weighted by Crippen LogP contribution is -2.34. The maximum atomic E-state index is 15.1. The number of fused-ring (bicyclic) bond motifs is 4. The molecule has 0 saturated carbocycles. The Morgan fingerprint density at radius 1 is 0.356 bits per heavy atom. The summed E-state index contributed by atoms with van der Waals surface area (Å²) in [6.07, 6.45) is -14.9. The highest BCUT2D eigenvalue weighted by atomic mass is 32.7. The molecule has 7 fully saturated rings. The second-order valence-corrected chi connectivity index (χ2v) is 52.9. The number of anilines is 5. The number of H-pyrrole nitrogens is 2. The van der Waals surface area contributed by atoms with Crippen molar-refractivity contribution in [3.63, 3.8) is 0 Å². The highest BCUT2D eigenvalue weighted by Gasteiger charge is 2.50. The van der Waals surface area contributed by atoms with Gasteiger partial charge in [0.05, 0.1) is 114 Å². The van der Waals surface area contributed by atoms with Gasteiger partial charge >= 0.3 is 17.1 Å². The Morgan fingerprint density at radius 3 is 0.890 bits per heavy atom. The quantitative estimate of drug-likeness (QED) is 0.0171. The number of hydrogen-bond acceptors (Lipinski definition) is 58. The summed E-state index contributed by atoms with van der Waals surface area (Å²) in [6, 6.07) is 0. The molecule has 0 amide bonds. The minimum absolute atomic E-state index is 0.0317. The molecule has 7 aliphatic heterocycles. The van der Waals surface area contributed by atoms with Gasteiger partial charge in [0.15, 0.2) is 52.7 Å². The Bertz CT molecular complexity index is 7470. The fraction of sp³-hybridized carbons (Fsp3) is 0.556. The van der Waals surface area contributed by atoms with Gasteiger partial charge in [-0.1, -0.05) is 77.8 Å². The summed E-state index contributed by atoms with van der Waals surface area (Å²) in [5.74, 6) is 0.0186. The number of aromatic amines is 2. The molecule has 18 rings (SSSR count). The Balaban J connectivity index is 0.557. The van der Waals surface area contributed by atoms with Crippen LogP contribution < -0.4 is 86.2 Å². The van der Waals surface area contributed by atoms with Crippen molar-refractivity contribution in [2.75, 3.05) is 75.4 Å². The van der Waals surface area contributed by atoms with Crippen LogP contribution in [0.4, 0.5) is 29.1 Å². The summed E-state index contributed by atoms with van der Waals surface area (Å²) in [6.45, 7) is -32.1. The summed E-state index contributed by atoms with van der Waals surface area (Å²) in [5.41, 5.74) is 28.3. The molecule has 28 atom stereocenters. The molecule has 0 aliphatic carbocycles. The molecule has 7 aliphatic rings. The topological polar surface area (TPSA) is 798 Å². The zero-order chi connectivity index (χ0) is 104. The predicted octanol–water partition coefficient (Wildman–Crippen LogP) is -1.43. The monoisotopic (exact) mass is 2300 g/mol. The fourth-order valence-corrected chi connectivity index (χ4v) is 26.9. The van der Waals surface area contributed by atoms with Crippen LogP contribution in [0.15, 0.2) is 93.2 Å². The lowest BCUT2D eigenvalue weighted by Gasteiger charge is -2.36. The number of nitrogens with zero attached hydrogens (tertiary/aromatic N) is 20. The van der Waals surface area contributed by atoms with Gasteiger partial charge in [-0.3, -0.25) is 56.1 Å². The van der Waals surface area contributed by atoms with Crippen molar-refractivity contribution < 1.29 is 130 Å². The van der Waals surface area contributed by atoms with E-state index in [1.54, 1.807) is 18.4 Å². The van der Waals surface area contributed by atoms with Crippen LogP contribution in [0.3, 0.4) is 0 Å². The highest BCUT2D eigenvalue weighted by Crippen LogP contribution is 2.57. The van der Waals surface area contributed by atoms with E-state index in [9.17, 15) is 48.1 Å². The van der Waals surface area contributed by atoms with E-state index in [2.05, 4.69) is 74.8 Å². The molecule has 60 nitrogen and oxygen atoms in total. The third kappa shape index (κ3) is 24.5. The summed E-state index contributed by atoms with van der Waals surface area (Å²) in [7, 11) is 1.07.